The molecule has 0 amide bonds. The van der Waals surface area contributed by atoms with E-state index in [4.69, 9.17) is 16.3 Å². The quantitative estimate of drug-likeness (QED) is 0.484. The molecule has 104 valence electrons. The third kappa shape index (κ3) is 3.16. The molecule has 1 aromatic carbocycles. The van der Waals surface area contributed by atoms with E-state index in [1.54, 1.807) is 12.1 Å². The molecule has 0 saturated carbocycles. The third-order valence-corrected chi connectivity index (χ3v) is 3.64. The Morgan fingerprint density at radius 2 is 2.37 bits per heavy atom. The van der Waals surface area contributed by atoms with Gasteiger partial charge in [-0.05, 0) is 18.1 Å². The zero-order valence-electron chi connectivity index (χ0n) is 10.8. The van der Waals surface area contributed by atoms with Gasteiger partial charge in [0.25, 0.3) is 5.69 Å². The molecule has 1 heterocycles. The average molecular weight is 285 g/mol. The Labute approximate surface area is 117 Å². The molecule has 0 bridgehead atoms. The molecule has 0 aliphatic carbocycles. The van der Waals surface area contributed by atoms with Gasteiger partial charge in [0.2, 0.25) is 0 Å². The van der Waals surface area contributed by atoms with Crippen molar-refractivity contribution in [1.82, 2.24) is 0 Å². The average Bonchev–Trinajstić information content (AvgIpc) is 2.46. The van der Waals surface area contributed by atoms with Crippen molar-refractivity contribution in [3.63, 3.8) is 0 Å². The summed E-state index contributed by atoms with van der Waals surface area (Å²) in [7, 11) is 0. The van der Waals surface area contributed by atoms with Crippen LogP contribution in [-0.2, 0) is 10.6 Å². The lowest BCUT2D eigenvalue weighted by Gasteiger charge is -2.35. The van der Waals surface area contributed by atoms with Crippen molar-refractivity contribution in [2.75, 3.05) is 24.6 Å². The number of benzene rings is 1. The minimum absolute atomic E-state index is 0.0831. The van der Waals surface area contributed by atoms with Gasteiger partial charge in [0, 0.05) is 36.8 Å². The summed E-state index contributed by atoms with van der Waals surface area (Å²) in [6.45, 7) is 4.36. The molecule has 1 aliphatic rings. The van der Waals surface area contributed by atoms with E-state index in [1.807, 2.05) is 0 Å². The van der Waals surface area contributed by atoms with E-state index in [0.717, 1.165) is 30.8 Å². The summed E-state index contributed by atoms with van der Waals surface area (Å²) in [5.74, 6) is 0.269. The fourth-order valence-corrected chi connectivity index (χ4v) is 2.50. The Hall–Kier alpha value is -1.33. The molecule has 0 aromatic heterocycles. The van der Waals surface area contributed by atoms with E-state index in [2.05, 4.69) is 11.8 Å². The zero-order valence-corrected chi connectivity index (χ0v) is 11.6. The molecule has 0 spiro atoms. The minimum atomic E-state index is -0.395. The lowest BCUT2D eigenvalue weighted by Crippen LogP contribution is -2.42. The number of alkyl halides is 1. The van der Waals surface area contributed by atoms with Gasteiger partial charge >= 0.3 is 0 Å². The molecular weight excluding hydrogens is 268 g/mol. The van der Waals surface area contributed by atoms with Crippen LogP contribution < -0.4 is 4.90 Å². The number of non-ortho nitro benzene ring substituents is 1. The van der Waals surface area contributed by atoms with Crippen LogP contribution in [0.25, 0.3) is 0 Å². The highest BCUT2D eigenvalue weighted by atomic mass is 35.5. The summed E-state index contributed by atoms with van der Waals surface area (Å²) in [5.41, 5.74) is 1.86. The van der Waals surface area contributed by atoms with Crippen molar-refractivity contribution < 1.29 is 9.66 Å². The molecule has 6 heteroatoms. The van der Waals surface area contributed by atoms with Gasteiger partial charge in [0.15, 0.2) is 0 Å². The van der Waals surface area contributed by atoms with Gasteiger partial charge in [-0.2, -0.15) is 0 Å². The highest BCUT2D eigenvalue weighted by molar-refractivity contribution is 6.17. The molecular formula is C13H17ClN2O3. The van der Waals surface area contributed by atoms with Crippen molar-refractivity contribution in [3.05, 3.63) is 33.9 Å². The SMILES string of the molecule is CCC1CN(c2ccc([N+](=O)[O-])cc2CCl)CCO1. The van der Waals surface area contributed by atoms with Crippen LogP contribution in [0.3, 0.4) is 0 Å². The maximum atomic E-state index is 10.8. The number of nitro benzene ring substituents is 1. The molecule has 1 saturated heterocycles. The molecule has 1 aliphatic heterocycles. The summed E-state index contributed by atoms with van der Waals surface area (Å²) < 4.78 is 5.63. The number of halogens is 1. The van der Waals surface area contributed by atoms with Crippen LogP contribution in [0.5, 0.6) is 0 Å². The van der Waals surface area contributed by atoms with Gasteiger partial charge in [-0.15, -0.1) is 11.6 Å². The van der Waals surface area contributed by atoms with Gasteiger partial charge in [-0.1, -0.05) is 6.92 Å². The van der Waals surface area contributed by atoms with Crippen LogP contribution in [0.2, 0.25) is 0 Å². The van der Waals surface area contributed by atoms with E-state index >= 15 is 0 Å². The molecule has 2 rings (SSSR count). The molecule has 19 heavy (non-hydrogen) atoms. The highest BCUT2D eigenvalue weighted by Gasteiger charge is 2.22. The largest absolute Gasteiger partial charge is 0.375 e. The van der Waals surface area contributed by atoms with E-state index in [0.29, 0.717) is 6.61 Å². The number of rotatable bonds is 4. The number of anilines is 1. The maximum Gasteiger partial charge on any atom is 0.269 e. The topological polar surface area (TPSA) is 55.6 Å². The fourth-order valence-electron chi connectivity index (χ4n) is 2.29. The van der Waals surface area contributed by atoms with Crippen LogP contribution in [0.4, 0.5) is 11.4 Å². The fraction of sp³-hybridized carbons (Fsp3) is 0.538. The van der Waals surface area contributed by atoms with Gasteiger partial charge in [0.1, 0.15) is 0 Å². The molecule has 1 fully saturated rings. The number of hydrogen-bond acceptors (Lipinski definition) is 4. The molecule has 0 radical (unpaired) electrons. The van der Waals surface area contributed by atoms with Crippen molar-refractivity contribution in [2.24, 2.45) is 0 Å². The first-order valence-corrected chi connectivity index (χ1v) is 6.89. The molecule has 5 nitrogen and oxygen atoms in total. The smallest absolute Gasteiger partial charge is 0.269 e. The van der Waals surface area contributed by atoms with Crippen LogP contribution in [0.1, 0.15) is 18.9 Å². The maximum absolute atomic E-state index is 10.8. The van der Waals surface area contributed by atoms with Crippen LogP contribution >= 0.6 is 11.6 Å². The van der Waals surface area contributed by atoms with Gasteiger partial charge in [-0.3, -0.25) is 10.1 Å². The second kappa shape index (κ2) is 6.21. The van der Waals surface area contributed by atoms with Gasteiger partial charge in [0.05, 0.1) is 17.6 Å². The Morgan fingerprint density at radius 3 is 3.00 bits per heavy atom. The number of nitro groups is 1. The van der Waals surface area contributed by atoms with Crippen LogP contribution in [0.15, 0.2) is 18.2 Å². The first-order valence-electron chi connectivity index (χ1n) is 6.35. The summed E-state index contributed by atoms with van der Waals surface area (Å²) in [5, 5.41) is 10.8. The zero-order chi connectivity index (χ0) is 13.8. The van der Waals surface area contributed by atoms with E-state index in [1.165, 1.54) is 6.07 Å². The molecule has 1 aromatic rings. The first-order chi connectivity index (χ1) is 9.15. The monoisotopic (exact) mass is 284 g/mol. The summed E-state index contributed by atoms with van der Waals surface area (Å²) in [4.78, 5) is 12.6. The van der Waals surface area contributed by atoms with Crippen LogP contribution in [0, 0.1) is 10.1 Å². The van der Waals surface area contributed by atoms with Crippen molar-refractivity contribution in [3.8, 4) is 0 Å². The van der Waals surface area contributed by atoms with Crippen molar-refractivity contribution in [1.29, 1.82) is 0 Å². The number of morpholine rings is 1. The summed E-state index contributed by atoms with van der Waals surface area (Å²) >= 11 is 5.92. The highest BCUT2D eigenvalue weighted by Crippen LogP contribution is 2.28. The van der Waals surface area contributed by atoms with Crippen LogP contribution in [-0.4, -0.2) is 30.7 Å². The molecule has 1 atom stereocenters. The Kier molecular flexibility index (Phi) is 4.61. The summed E-state index contributed by atoms with van der Waals surface area (Å²) in [6, 6.07) is 4.87. The van der Waals surface area contributed by atoms with Gasteiger partial charge < -0.3 is 9.64 Å². The van der Waals surface area contributed by atoms with E-state index < -0.39 is 4.92 Å². The lowest BCUT2D eigenvalue weighted by atomic mass is 10.1. The number of ether oxygens (including phenoxy) is 1. The predicted octanol–water partition coefficient (Wildman–Crippen LogP) is 2.95. The predicted molar refractivity (Wildman–Crippen MR) is 74.9 cm³/mol. The van der Waals surface area contributed by atoms with Gasteiger partial charge in [-0.25, -0.2) is 0 Å². The van der Waals surface area contributed by atoms with E-state index in [9.17, 15) is 10.1 Å². The van der Waals surface area contributed by atoms with Crippen molar-refractivity contribution in [2.45, 2.75) is 25.3 Å². The normalized spacial score (nSPS) is 19.5. The number of nitrogens with zero attached hydrogens (tertiary/aromatic N) is 2. The Morgan fingerprint density at radius 1 is 1.58 bits per heavy atom. The first kappa shape index (κ1) is 14.1. The Bertz CT molecular complexity index is 467. The summed E-state index contributed by atoms with van der Waals surface area (Å²) in [6.07, 6.45) is 1.17. The number of hydrogen-bond donors (Lipinski definition) is 0. The van der Waals surface area contributed by atoms with Crippen molar-refractivity contribution >= 4 is 23.0 Å². The van der Waals surface area contributed by atoms with E-state index in [-0.39, 0.29) is 17.7 Å². The molecule has 1 unspecified atom stereocenters. The Balaban J connectivity index is 2.26. The lowest BCUT2D eigenvalue weighted by molar-refractivity contribution is -0.384. The third-order valence-electron chi connectivity index (χ3n) is 3.35. The standard InChI is InChI=1S/C13H17ClN2O3/c1-2-12-9-15(5-6-19-12)13-4-3-11(16(17)18)7-10(13)8-14/h3-4,7,12H,2,5-6,8-9H2,1H3. The minimum Gasteiger partial charge on any atom is -0.375 e. The molecule has 0 N–H and O–H groups in total. The second-order valence-electron chi connectivity index (χ2n) is 4.55. The second-order valence-corrected chi connectivity index (χ2v) is 4.82.